The smallest absolute Gasteiger partial charge is 0.239 e. The summed E-state index contributed by atoms with van der Waals surface area (Å²) < 4.78 is 17.0. The number of hydrogen-bond donors (Lipinski definition) is 4. The molecule has 0 radical (unpaired) electrons. The molecule has 13 nitrogen and oxygen atoms in total. The number of guanidine groups is 2. The molecule has 4 N–H and O–H groups in total. The van der Waals surface area contributed by atoms with Crippen molar-refractivity contribution in [2.45, 2.75) is 96.6 Å². The maximum absolute atomic E-state index is 12.8. The number of nitrogens with one attached hydrogen (secondary N) is 4. The zero-order chi connectivity index (χ0) is 41.2. The average molecular weight is 873 g/mol. The lowest BCUT2D eigenvalue weighted by Crippen LogP contribution is -2.41. The van der Waals surface area contributed by atoms with E-state index in [0.717, 1.165) is 58.0 Å². The van der Waals surface area contributed by atoms with Crippen LogP contribution in [0.15, 0.2) is 60.7 Å². The molecule has 338 valence electrons. The van der Waals surface area contributed by atoms with Gasteiger partial charge in [-0.25, -0.2) is 0 Å². The highest BCUT2D eigenvalue weighted by Crippen LogP contribution is 2.22. The zero-order valence-electron chi connectivity index (χ0n) is 36.4. The van der Waals surface area contributed by atoms with Gasteiger partial charge in [-0.3, -0.25) is 20.4 Å². The van der Waals surface area contributed by atoms with Crippen molar-refractivity contribution in [1.29, 1.82) is 10.8 Å². The lowest BCUT2D eigenvalue weighted by atomic mass is 10.1. The minimum absolute atomic E-state index is 0. The van der Waals surface area contributed by atoms with E-state index in [9.17, 15) is 9.59 Å². The van der Waals surface area contributed by atoms with Crippen LogP contribution in [0.25, 0.3) is 0 Å². The highest BCUT2D eigenvalue weighted by Gasteiger charge is 2.36. The third-order valence-electron chi connectivity index (χ3n) is 10.8. The quantitative estimate of drug-likeness (QED) is 0.0735. The number of hydrogen-bond acceptors (Lipinski definition) is 7. The summed E-state index contributed by atoms with van der Waals surface area (Å²) in [5.41, 5.74) is 2.51. The van der Waals surface area contributed by atoms with Gasteiger partial charge in [-0.05, 0) is 49.7 Å². The highest BCUT2D eigenvalue weighted by atomic mass is 32.1. The van der Waals surface area contributed by atoms with E-state index >= 15 is 0 Å². The molecule has 0 unspecified atom stereocenters. The number of amides is 2. The summed E-state index contributed by atoms with van der Waals surface area (Å²) in [5.74, 6) is 0.775. The number of nitrogens with zero attached hydrogens (tertiary/aromatic N) is 4. The normalized spacial score (nSPS) is 16.2. The third-order valence-corrected chi connectivity index (χ3v) is 10.8. The number of carbonyl (C=O) groups excluding carboxylic acids is 2. The Hall–Kier alpha value is -3.50. The summed E-state index contributed by atoms with van der Waals surface area (Å²) in [5, 5.41) is 23.6. The fraction of sp³-hybridized carbons (Fsp3) is 0.644. The summed E-state index contributed by atoms with van der Waals surface area (Å²) in [7, 11) is 0. The minimum Gasteiger partial charge on any atom is -0.379 e. The van der Waals surface area contributed by atoms with Gasteiger partial charge in [-0.2, -0.15) is 27.0 Å². The molecular weight excluding hydrogens is 797 g/mol. The first-order chi connectivity index (χ1) is 28.4. The van der Waals surface area contributed by atoms with E-state index in [2.05, 4.69) is 82.8 Å². The summed E-state index contributed by atoms with van der Waals surface area (Å²) in [6.45, 7) is 11.8. The van der Waals surface area contributed by atoms with Gasteiger partial charge in [0.1, 0.15) is 0 Å². The number of rotatable bonds is 31. The Morgan fingerprint density at radius 2 is 0.950 bits per heavy atom. The second kappa shape index (κ2) is 31.4. The summed E-state index contributed by atoms with van der Waals surface area (Å²) in [4.78, 5) is 33.7. The molecule has 2 aliphatic heterocycles. The van der Waals surface area contributed by atoms with E-state index in [1.165, 1.54) is 24.0 Å². The average Bonchev–Trinajstić information content (AvgIpc) is 3.67. The van der Waals surface area contributed by atoms with Gasteiger partial charge in [0.05, 0.1) is 51.6 Å². The van der Waals surface area contributed by atoms with Gasteiger partial charge in [-0.1, -0.05) is 107 Å². The predicted molar refractivity (Wildman–Crippen MR) is 252 cm³/mol. The first-order valence-electron chi connectivity index (χ1n) is 21.9. The van der Waals surface area contributed by atoms with Crippen LogP contribution < -0.4 is 10.6 Å². The molecule has 0 bridgehead atoms. The van der Waals surface area contributed by atoms with E-state index in [1.54, 1.807) is 0 Å². The van der Waals surface area contributed by atoms with Crippen molar-refractivity contribution in [2.75, 3.05) is 92.0 Å². The Balaban J connectivity index is 0.00000620. The van der Waals surface area contributed by atoms with Crippen LogP contribution in [0.3, 0.4) is 0 Å². The highest BCUT2D eigenvalue weighted by molar-refractivity contribution is 7.59. The first kappa shape index (κ1) is 52.6. The Morgan fingerprint density at radius 3 is 1.37 bits per heavy atom. The number of ether oxygens (including phenoxy) is 3. The molecule has 4 rings (SSSR count). The molecule has 0 spiro atoms. The number of benzene rings is 2. The minimum atomic E-state index is -0.0690. The van der Waals surface area contributed by atoms with E-state index in [4.69, 9.17) is 25.0 Å². The standard InChI is InChI=1S/C45H72N8O5.2H2S/c1-3-5-7-15-25-53-41(33-39-20-12-9-13-21-39)35-51(45(53)47)37-43(55)49-23-17-27-57-29-31-58-30-28-56-26-16-22-48-42(54)36-50-34-40(32-38-18-10-8-11-19-38)52(44(50)46)24-14-6-4-2;;/h8-13,18-21,40-41,46-47H,3-7,14-17,22-37H2,1-2H3,(H,48,54)(H,49,55);2*1H2/t40-,41-;;/m0../s1. The molecule has 2 aromatic carbocycles. The molecule has 2 heterocycles. The van der Waals surface area contributed by atoms with Gasteiger partial charge in [0, 0.05) is 52.5 Å². The largest absolute Gasteiger partial charge is 0.379 e. The molecule has 0 aromatic heterocycles. The number of unbranched alkanes of at least 4 members (excludes halogenated alkanes) is 5. The van der Waals surface area contributed by atoms with E-state index in [0.29, 0.717) is 90.6 Å². The topological polar surface area (TPSA) is 147 Å². The summed E-state index contributed by atoms with van der Waals surface area (Å²) >= 11 is 0. The Kier molecular flexibility index (Phi) is 27.5. The molecule has 2 fully saturated rings. The molecule has 2 saturated heterocycles. The van der Waals surface area contributed by atoms with Crippen LogP contribution in [0.4, 0.5) is 0 Å². The molecular formula is C45H76N8O5S2. The van der Waals surface area contributed by atoms with Crippen LogP contribution >= 0.6 is 27.0 Å². The summed E-state index contributed by atoms with van der Waals surface area (Å²) in [6.07, 6.45) is 11.1. The van der Waals surface area contributed by atoms with E-state index in [1.807, 2.05) is 21.9 Å². The molecule has 15 heteroatoms. The monoisotopic (exact) mass is 873 g/mol. The van der Waals surface area contributed by atoms with Gasteiger partial charge < -0.3 is 44.4 Å². The van der Waals surface area contributed by atoms with Crippen LogP contribution in [0.2, 0.25) is 0 Å². The predicted octanol–water partition coefficient (Wildman–Crippen LogP) is 5.37. The lowest BCUT2D eigenvalue weighted by molar-refractivity contribution is -0.122. The second-order valence-corrected chi connectivity index (χ2v) is 15.5. The van der Waals surface area contributed by atoms with Crippen LogP contribution in [0.5, 0.6) is 0 Å². The zero-order valence-corrected chi connectivity index (χ0v) is 38.4. The Bertz CT molecular complexity index is 1480. The Labute approximate surface area is 374 Å². The van der Waals surface area contributed by atoms with Crippen LogP contribution in [-0.4, -0.2) is 147 Å². The van der Waals surface area contributed by atoms with Gasteiger partial charge in [-0.15, -0.1) is 0 Å². The van der Waals surface area contributed by atoms with Gasteiger partial charge >= 0.3 is 0 Å². The van der Waals surface area contributed by atoms with Crippen molar-refractivity contribution < 1.29 is 23.8 Å². The van der Waals surface area contributed by atoms with Gasteiger partial charge in [0.15, 0.2) is 11.9 Å². The number of carbonyl (C=O) groups is 2. The van der Waals surface area contributed by atoms with E-state index < -0.39 is 0 Å². The fourth-order valence-corrected chi connectivity index (χ4v) is 7.61. The molecule has 2 amide bonds. The molecule has 60 heavy (non-hydrogen) atoms. The van der Waals surface area contributed by atoms with Crippen molar-refractivity contribution in [2.24, 2.45) is 0 Å². The van der Waals surface area contributed by atoms with Crippen LogP contribution in [-0.2, 0) is 36.6 Å². The molecule has 0 aliphatic carbocycles. The summed E-state index contributed by atoms with van der Waals surface area (Å²) in [6, 6.07) is 21.2. The molecule has 0 saturated carbocycles. The van der Waals surface area contributed by atoms with E-state index in [-0.39, 0.29) is 64.0 Å². The second-order valence-electron chi connectivity index (χ2n) is 15.5. The van der Waals surface area contributed by atoms with Crippen molar-refractivity contribution in [3.05, 3.63) is 71.8 Å². The van der Waals surface area contributed by atoms with Gasteiger partial charge in [0.2, 0.25) is 11.8 Å². The maximum atomic E-state index is 12.8. The van der Waals surface area contributed by atoms with Crippen molar-refractivity contribution in [3.63, 3.8) is 0 Å². The molecule has 2 aliphatic rings. The van der Waals surface area contributed by atoms with Crippen molar-refractivity contribution in [1.82, 2.24) is 30.2 Å². The first-order valence-corrected chi connectivity index (χ1v) is 21.9. The van der Waals surface area contributed by atoms with Crippen molar-refractivity contribution >= 4 is 50.7 Å². The third kappa shape index (κ3) is 19.5. The molecule has 2 aromatic rings. The van der Waals surface area contributed by atoms with Crippen LogP contribution in [0.1, 0.15) is 82.8 Å². The molecule has 2 atom stereocenters. The maximum Gasteiger partial charge on any atom is 0.239 e. The Morgan fingerprint density at radius 1 is 0.567 bits per heavy atom. The van der Waals surface area contributed by atoms with Crippen molar-refractivity contribution in [3.8, 4) is 0 Å². The fourth-order valence-electron chi connectivity index (χ4n) is 7.61. The van der Waals surface area contributed by atoms with Gasteiger partial charge in [0.25, 0.3) is 0 Å². The van der Waals surface area contributed by atoms with Crippen LogP contribution in [0, 0.1) is 10.8 Å². The SMILES string of the molecule is CCCCCCN1C(=N)N(CC(=O)NCCCOCCOCCOCCCNC(=O)CN2C[C@H](Cc3ccccc3)N(CCCCC)C2=N)C[C@@H]1Cc1ccccc1.S.S. The lowest BCUT2D eigenvalue weighted by Gasteiger charge is -2.25.